The average molecular weight is 360 g/mol. The molecule has 1 aromatic carbocycles. The van der Waals surface area contributed by atoms with Gasteiger partial charge < -0.3 is 12.4 Å². The molecule has 0 aliphatic heterocycles. The van der Waals surface area contributed by atoms with Crippen LogP contribution in [0.1, 0.15) is 81.2 Å². The average Bonchev–Trinajstić information content (AvgIpc) is 2.52. The Labute approximate surface area is 160 Å². The Morgan fingerprint density at radius 2 is 1.40 bits per heavy atom. The van der Waals surface area contributed by atoms with Crippen molar-refractivity contribution in [2.24, 2.45) is 0 Å². The van der Waals surface area contributed by atoms with Crippen LogP contribution in [0.15, 0.2) is 36.7 Å². The van der Waals surface area contributed by atoms with Gasteiger partial charge in [0, 0.05) is 17.7 Å². The molecule has 0 atom stereocenters. The van der Waals surface area contributed by atoms with Crippen molar-refractivity contribution in [2.75, 3.05) is 0 Å². The summed E-state index contributed by atoms with van der Waals surface area (Å²) in [7, 11) is 0. The number of pyridine rings is 1. The molecule has 0 saturated heterocycles. The molecular formula is C23H34ClN. The molecule has 1 nitrogen and oxygen atoms in total. The third-order valence-electron chi connectivity index (χ3n) is 5.28. The molecule has 0 radical (unpaired) electrons. The highest BCUT2D eigenvalue weighted by Crippen LogP contribution is 2.27. The molecule has 0 unspecified atom stereocenters. The normalized spacial score (nSPS) is 11.5. The van der Waals surface area contributed by atoms with Crippen molar-refractivity contribution in [1.82, 2.24) is 0 Å². The minimum Gasteiger partial charge on any atom is -1.00 e. The largest absolute Gasteiger partial charge is 1.00 e. The maximum absolute atomic E-state index is 2.36. The number of benzene rings is 1. The van der Waals surface area contributed by atoms with Gasteiger partial charge >= 0.3 is 0 Å². The summed E-state index contributed by atoms with van der Waals surface area (Å²) in [4.78, 5) is 0. The summed E-state index contributed by atoms with van der Waals surface area (Å²) in [6.45, 7) is 16.8. The van der Waals surface area contributed by atoms with Crippen LogP contribution in [0, 0.1) is 13.8 Å². The zero-order valence-electron chi connectivity index (χ0n) is 17.0. The predicted molar refractivity (Wildman–Crippen MR) is 104 cm³/mol. The first kappa shape index (κ1) is 21.7. The van der Waals surface area contributed by atoms with Crippen molar-refractivity contribution in [2.45, 2.75) is 79.2 Å². The fraction of sp³-hybridized carbons (Fsp3) is 0.522. The quantitative estimate of drug-likeness (QED) is 0.723. The van der Waals surface area contributed by atoms with E-state index >= 15 is 0 Å². The van der Waals surface area contributed by atoms with Gasteiger partial charge in [-0.05, 0) is 60.3 Å². The molecule has 0 N–H and O–H groups in total. The molecule has 2 heteroatoms. The highest BCUT2D eigenvalue weighted by Gasteiger charge is 2.18. The van der Waals surface area contributed by atoms with Gasteiger partial charge in [-0.15, -0.1) is 0 Å². The van der Waals surface area contributed by atoms with Crippen molar-refractivity contribution in [1.29, 1.82) is 0 Å². The van der Waals surface area contributed by atoms with Crippen LogP contribution in [0.3, 0.4) is 0 Å². The molecule has 2 rings (SSSR count). The van der Waals surface area contributed by atoms with E-state index in [-0.39, 0.29) is 17.8 Å². The molecule has 0 fully saturated rings. The summed E-state index contributed by atoms with van der Waals surface area (Å²) in [5, 5.41) is 0. The number of aryl methyl sites for hydroxylation is 2. The Bertz CT molecular complexity index is 653. The molecule has 0 aliphatic rings. The lowest BCUT2D eigenvalue weighted by molar-refractivity contribution is -0.688. The van der Waals surface area contributed by atoms with Gasteiger partial charge in [0.25, 0.3) is 0 Å². The number of hydrogen-bond acceptors (Lipinski definition) is 0. The Hall–Kier alpha value is -1.34. The standard InChI is InChI=1S/C23H34N.ClH/c1-8-19(9-2)20-10-12-24(13-11-20)16-22-17(3)14-21(15-18(22)4)23(5,6)7;/h10-15,19H,8-9,16H2,1-7H3;1H/q+1;/p-1. The van der Waals surface area contributed by atoms with E-state index < -0.39 is 0 Å². The second kappa shape index (κ2) is 8.85. The van der Waals surface area contributed by atoms with Crippen molar-refractivity contribution >= 4 is 0 Å². The van der Waals surface area contributed by atoms with E-state index in [9.17, 15) is 0 Å². The van der Waals surface area contributed by atoms with Crippen LogP contribution in [0.25, 0.3) is 0 Å². The summed E-state index contributed by atoms with van der Waals surface area (Å²) in [6.07, 6.45) is 6.91. The van der Waals surface area contributed by atoms with Gasteiger partial charge in [0.05, 0.1) is 0 Å². The first-order valence-corrected chi connectivity index (χ1v) is 9.35. The molecule has 0 amide bonds. The zero-order valence-corrected chi connectivity index (χ0v) is 17.7. The first-order chi connectivity index (χ1) is 11.3. The van der Waals surface area contributed by atoms with Gasteiger partial charge in [-0.25, -0.2) is 4.57 Å². The van der Waals surface area contributed by atoms with E-state index in [2.05, 4.69) is 89.7 Å². The second-order valence-corrected chi connectivity index (χ2v) is 8.16. The minimum atomic E-state index is 0. The summed E-state index contributed by atoms with van der Waals surface area (Å²) in [5.74, 6) is 0.689. The van der Waals surface area contributed by atoms with Crippen LogP contribution in [-0.4, -0.2) is 0 Å². The third kappa shape index (κ3) is 5.31. The SMILES string of the molecule is CCC(CC)c1cc[n+](Cc2c(C)cc(C(C)(C)C)cc2C)cc1.[Cl-]. The van der Waals surface area contributed by atoms with E-state index in [0.29, 0.717) is 5.92 Å². The topological polar surface area (TPSA) is 3.88 Å². The Morgan fingerprint density at radius 3 is 1.80 bits per heavy atom. The lowest BCUT2D eigenvalue weighted by atomic mass is 9.84. The van der Waals surface area contributed by atoms with E-state index in [4.69, 9.17) is 0 Å². The van der Waals surface area contributed by atoms with E-state index in [1.165, 1.54) is 40.7 Å². The number of nitrogens with zero attached hydrogens (tertiary/aromatic N) is 1. The Kier molecular flexibility index (Phi) is 7.68. The number of rotatable bonds is 5. The monoisotopic (exact) mass is 359 g/mol. The summed E-state index contributed by atoms with van der Waals surface area (Å²) in [6, 6.07) is 9.32. The minimum absolute atomic E-state index is 0. The van der Waals surface area contributed by atoms with E-state index in [0.717, 1.165) is 6.54 Å². The zero-order chi connectivity index (χ0) is 17.9. The molecule has 0 aliphatic carbocycles. The molecule has 1 heterocycles. The van der Waals surface area contributed by atoms with Crippen LogP contribution < -0.4 is 17.0 Å². The van der Waals surface area contributed by atoms with Crippen molar-refractivity contribution < 1.29 is 17.0 Å². The number of halogens is 1. The van der Waals surface area contributed by atoms with Gasteiger partial charge in [-0.2, -0.15) is 0 Å². The molecule has 138 valence electrons. The summed E-state index contributed by atoms with van der Waals surface area (Å²) >= 11 is 0. The van der Waals surface area contributed by atoms with Crippen LogP contribution >= 0.6 is 0 Å². The van der Waals surface area contributed by atoms with Crippen LogP contribution in [0.4, 0.5) is 0 Å². The van der Waals surface area contributed by atoms with Crippen molar-refractivity contribution in [3.63, 3.8) is 0 Å². The van der Waals surface area contributed by atoms with Gasteiger partial charge in [0.1, 0.15) is 0 Å². The summed E-state index contributed by atoms with van der Waals surface area (Å²) < 4.78 is 2.30. The molecular weight excluding hydrogens is 326 g/mol. The first-order valence-electron chi connectivity index (χ1n) is 9.35. The highest BCUT2D eigenvalue weighted by molar-refractivity contribution is 5.40. The fourth-order valence-corrected chi connectivity index (χ4v) is 3.46. The highest BCUT2D eigenvalue weighted by atomic mass is 35.5. The number of aromatic nitrogens is 1. The van der Waals surface area contributed by atoms with Crippen LogP contribution in [0.5, 0.6) is 0 Å². The molecule has 25 heavy (non-hydrogen) atoms. The van der Waals surface area contributed by atoms with E-state index in [1.807, 2.05) is 0 Å². The fourth-order valence-electron chi connectivity index (χ4n) is 3.46. The Morgan fingerprint density at radius 1 is 0.920 bits per heavy atom. The summed E-state index contributed by atoms with van der Waals surface area (Å²) in [5.41, 5.74) is 7.34. The van der Waals surface area contributed by atoms with Crippen molar-refractivity contribution in [3.05, 3.63) is 64.5 Å². The lowest BCUT2D eigenvalue weighted by Crippen LogP contribution is -3.00. The lowest BCUT2D eigenvalue weighted by Gasteiger charge is -2.21. The smallest absolute Gasteiger partial charge is 0.174 e. The van der Waals surface area contributed by atoms with Gasteiger partial charge in [0.15, 0.2) is 18.9 Å². The third-order valence-corrected chi connectivity index (χ3v) is 5.28. The van der Waals surface area contributed by atoms with Gasteiger partial charge in [-0.3, -0.25) is 0 Å². The van der Waals surface area contributed by atoms with Crippen LogP contribution in [-0.2, 0) is 12.0 Å². The molecule has 2 aromatic rings. The maximum Gasteiger partial charge on any atom is 0.174 e. The van der Waals surface area contributed by atoms with Gasteiger partial charge in [-0.1, -0.05) is 46.8 Å². The van der Waals surface area contributed by atoms with E-state index in [1.54, 1.807) is 0 Å². The molecule has 0 spiro atoms. The number of hydrogen-bond donors (Lipinski definition) is 0. The molecule has 0 saturated carbocycles. The Balaban J connectivity index is 0.00000312. The molecule has 0 bridgehead atoms. The predicted octanol–water partition coefficient (Wildman–Crippen LogP) is 2.84. The second-order valence-electron chi connectivity index (χ2n) is 8.16. The molecule has 1 aromatic heterocycles. The van der Waals surface area contributed by atoms with Crippen LogP contribution in [0.2, 0.25) is 0 Å². The van der Waals surface area contributed by atoms with Gasteiger partial charge in [0.2, 0.25) is 0 Å². The van der Waals surface area contributed by atoms with Crippen molar-refractivity contribution in [3.8, 4) is 0 Å². The maximum atomic E-state index is 2.36.